The van der Waals surface area contributed by atoms with E-state index in [2.05, 4.69) is 4.90 Å². The Morgan fingerprint density at radius 2 is 1.87 bits per heavy atom. The second-order valence-corrected chi connectivity index (χ2v) is 5.56. The summed E-state index contributed by atoms with van der Waals surface area (Å²) in [4.78, 5) is 13.9. The molecule has 1 aliphatic heterocycles. The Balaban J connectivity index is 1.85. The molecule has 0 amide bonds. The van der Waals surface area contributed by atoms with Gasteiger partial charge < -0.3 is 19.1 Å². The van der Waals surface area contributed by atoms with Gasteiger partial charge in [-0.15, -0.1) is 0 Å². The maximum Gasteiger partial charge on any atom is 0.223 e. The van der Waals surface area contributed by atoms with Gasteiger partial charge in [-0.2, -0.15) is 0 Å². The van der Waals surface area contributed by atoms with Gasteiger partial charge in [0, 0.05) is 37.9 Å². The molecule has 122 valence electrons. The molecular formula is C17H20N2O4. The van der Waals surface area contributed by atoms with Gasteiger partial charge in [-0.25, -0.2) is 0 Å². The number of ether oxygens (including phenoxy) is 2. The summed E-state index contributed by atoms with van der Waals surface area (Å²) < 4.78 is 12.8. The van der Waals surface area contributed by atoms with E-state index in [0.717, 1.165) is 35.8 Å². The lowest BCUT2D eigenvalue weighted by Crippen LogP contribution is -2.34. The monoisotopic (exact) mass is 316 g/mol. The van der Waals surface area contributed by atoms with Crippen molar-refractivity contribution in [1.82, 2.24) is 9.47 Å². The minimum Gasteiger partial charge on any atom is -0.503 e. The molecule has 3 rings (SSSR count). The van der Waals surface area contributed by atoms with Crippen LogP contribution in [0.1, 0.15) is 11.3 Å². The number of hydrogen-bond donors (Lipinski definition) is 1. The smallest absolute Gasteiger partial charge is 0.223 e. The number of hydrogen-bond acceptors (Lipinski definition) is 5. The molecule has 1 N–H and O–H groups in total. The Labute approximate surface area is 134 Å². The van der Waals surface area contributed by atoms with Crippen molar-refractivity contribution >= 4 is 0 Å². The van der Waals surface area contributed by atoms with Crippen LogP contribution < -0.4 is 14.9 Å². The number of fused-ring (bicyclic) bond motifs is 1. The number of aromatic nitrogens is 1. The molecule has 1 aromatic carbocycles. The van der Waals surface area contributed by atoms with E-state index in [-0.39, 0.29) is 11.2 Å². The van der Waals surface area contributed by atoms with E-state index < -0.39 is 0 Å². The predicted octanol–water partition coefficient (Wildman–Crippen LogP) is 1.59. The molecule has 2 heterocycles. The van der Waals surface area contributed by atoms with E-state index >= 15 is 0 Å². The van der Waals surface area contributed by atoms with Crippen molar-refractivity contribution < 1.29 is 14.6 Å². The number of benzene rings is 1. The summed E-state index contributed by atoms with van der Waals surface area (Å²) in [6, 6.07) is 7.23. The zero-order valence-electron chi connectivity index (χ0n) is 13.3. The van der Waals surface area contributed by atoms with Crippen LogP contribution in [0.3, 0.4) is 0 Å². The minimum absolute atomic E-state index is 0.200. The van der Waals surface area contributed by atoms with Crippen LogP contribution in [-0.2, 0) is 19.6 Å². The minimum atomic E-state index is -0.340. The van der Waals surface area contributed by atoms with Crippen molar-refractivity contribution in [3.05, 3.63) is 51.9 Å². The summed E-state index contributed by atoms with van der Waals surface area (Å²) in [7, 11) is 3.29. The van der Waals surface area contributed by atoms with Gasteiger partial charge in [-0.05, 0) is 12.1 Å². The summed E-state index contributed by atoms with van der Waals surface area (Å²) >= 11 is 0. The zero-order chi connectivity index (χ0) is 16.4. The Hall–Kier alpha value is -2.47. The molecule has 23 heavy (non-hydrogen) atoms. The van der Waals surface area contributed by atoms with Crippen LogP contribution in [0.25, 0.3) is 0 Å². The second-order valence-electron chi connectivity index (χ2n) is 5.56. The van der Waals surface area contributed by atoms with Crippen LogP contribution in [0.4, 0.5) is 0 Å². The fourth-order valence-electron chi connectivity index (χ4n) is 2.95. The van der Waals surface area contributed by atoms with Gasteiger partial charge in [0.1, 0.15) is 11.5 Å². The number of nitrogens with zero attached hydrogens (tertiary/aromatic N) is 2. The first kappa shape index (κ1) is 15.4. The number of methoxy groups -OCH3 is 2. The molecule has 6 heteroatoms. The quantitative estimate of drug-likeness (QED) is 0.928. The Morgan fingerprint density at radius 3 is 2.52 bits per heavy atom. The average molecular weight is 316 g/mol. The molecule has 0 saturated heterocycles. The first-order valence-corrected chi connectivity index (χ1v) is 7.47. The molecule has 6 nitrogen and oxygen atoms in total. The van der Waals surface area contributed by atoms with E-state index in [1.807, 2.05) is 22.8 Å². The molecule has 0 bridgehead atoms. The predicted molar refractivity (Wildman–Crippen MR) is 86.0 cm³/mol. The van der Waals surface area contributed by atoms with Crippen molar-refractivity contribution in [3.8, 4) is 17.2 Å². The molecule has 0 atom stereocenters. The van der Waals surface area contributed by atoms with Crippen molar-refractivity contribution in [3.63, 3.8) is 0 Å². The number of rotatable bonds is 4. The van der Waals surface area contributed by atoms with E-state index in [1.54, 1.807) is 14.2 Å². The SMILES string of the molecule is COc1cccc(OC)c1CN1CCn2cc(O)c(=O)cc2C1. The van der Waals surface area contributed by atoms with E-state index in [4.69, 9.17) is 9.47 Å². The normalized spacial score (nSPS) is 14.3. The zero-order valence-corrected chi connectivity index (χ0v) is 13.3. The van der Waals surface area contributed by atoms with Crippen LogP contribution in [0.5, 0.6) is 17.2 Å². The van der Waals surface area contributed by atoms with Crippen molar-refractivity contribution in [2.24, 2.45) is 0 Å². The van der Waals surface area contributed by atoms with Gasteiger partial charge in [0.25, 0.3) is 0 Å². The molecule has 1 aliphatic rings. The van der Waals surface area contributed by atoms with E-state index in [1.165, 1.54) is 12.3 Å². The third-order valence-electron chi connectivity index (χ3n) is 4.15. The van der Waals surface area contributed by atoms with Gasteiger partial charge in [0.2, 0.25) is 5.43 Å². The molecule has 1 aromatic heterocycles. The molecule has 0 saturated carbocycles. The summed E-state index contributed by atoms with van der Waals surface area (Å²) in [5, 5.41) is 9.53. The van der Waals surface area contributed by atoms with Crippen molar-refractivity contribution in [2.75, 3.05) is 20.8 Å². The van der Waals surface area contributed by atoms with Crippen LogP contribution in [0.15, 0.2) is 35.3 Å². The number of pyridine rings is 1. The van der Waals surface area contributed by atoms with Crippen LogP contribution >= 0.6 is 0 Å². The summed E-state index contributed by atoms with van der Waals surface area (Å²) in [6.07, 6.45) is 1.51. The summed E-state index contributed by atoms with van der Waals surface area (Å²) in [5.41, 5.74) is 1.55. The molecule has 0 unspecified atom stereocenters. The first-order valence-electron chi connectivity index (χ1n) is 7.47. The highest BCUT2D eigenvalue weighted by molar-refractivity contribution is 5.44. The lowest BCUT2D eigenvalue weighted by Gasteiger charge is -2.30. The average Bonchev–Trinajstić information content (AvgIpc) is 2.56. The van der Waals surface area contributed by atoms with Gasteiger partial charge in [-0.1, -0.05) is 6.07 Å². The Morgan fingerprint density at radius 1 is 1.17 bits per heavy atom. The Bertz CT molecular complexity index is 747. The first-order chi connectivity index (χ1) is 11.1. The van der Waals surface area contributed by atoms with Gasteiger partial charge in [0.15, 0.2) is 5.75 Å². The van der Waals surface area contributed by atoms with Crippen LogP contribution in [0.2, 0.25) is 0 Å². The molecule has 0 radical (unpaired) electrons. The maximum atomic E-state index is 11.6. The van der Waals surface area contributed by atoms with Gasteiger partial charge in [-0.3, -0.25) is 9.69 Å². The van der Waals surface area contributed by atoms with E-state index in [0.29, 0.717) is 13.1 Å². The highest BCUT2D eigenvalue weighted by atomic mass is 16.5. The largest absolute Gasteiger partial charge is 0.503 e. The summed E-state index contributed by atoms with van der Waals surface area (Å²) in [5.74, 6) is 1.38. The molecule has 0 spiro atoms. The van der Waals surface area contributed by atoms with Crippen LogP contribution in [0, 0.1) is 0 Å². The highest BCUT2D eigenvalue weighted by Gasteiger charge is 2.20. The van der Waals surface area contributed by atoms with Crippen LogP contribution in [-0.4, -0.2) is 35.3 Å². The topological polar surface area (TPSA) is 63.9 Å². The fourth-order valence-corrected chi connectivity index (χ4v) is 2.95. The second kappa shape index (κ2) is 6.34. The molecule has 2 aromatic rings. The molecule has 0 aliphatic carbocycles. The molecular weight excluding hydrogens is 296 g/mol. The molecule has 0 fully saturated rings. The van der Waals surface area contributed by atoms with Gasteiger partial charge in [0.05, 0.1) is 26.0 Å². The third-order valence-corrected chi connectivity index (χ3v) is 4.15. The van der Waals surface area contributed by atoms with Gasteiger partial charge >= 0.3 is 0 Å². The van der Waals surface area contributed by atoms with Crippen molar-refractivity contribution in [1.29, 1.82) is 0 Å². The fraction of sp³-hybridized carbons (Fsp3) is 0.353. The number of aromatic hydroxyl groups is 1. The maximum absolute atomic E-state index is 11.6. The summed E-state index contributed by atoms with van der Waals surface area (Å²) in [6.45, 7) is 2.84. The third kappa shape index (κ3) is 3.03. The van der Waals surface area contributed by atoms with Crippen molar-refractivity contribution in [2.45, 2.75) is 19.6 Å². The lowest BCUT2D eigenvalue weighted by atomic mass is 10.1. The highest BCUT2D eigenvalue weighted by Crippen LogP contribution is 2.30. The Kier molecular flexibility index (Phi) is 4.25. The van der Waals surface area contributed by atoms with E-state index in [9.17, 15) is 9.90 Å². The standard InChI is InChI=1S/C17H20N2O4/c1-22-16-4-3-5-17(23-2)13(16)10-18-6-7-19-11-15(21)14(20)8-12(19)9-18/h3-5,8,11,21H,6-7,9-10H2,1-2H3. The lowest BCUT2D eigenvalue weighted by molar-refractivity contribution is 0.204.